The minimum Gasteiger partial charge on any atom is -0.403 e. The Hall–Kier alpha value is -5.19. The van der Waals surface area contributed by atoms with Crippen molar-refractivity contribution in [1.82, 2.24) is 29.8 Å². The molecule has 0 saturated carbocycles. The summed E-state index contributed by atoms with van der Waals surface area (Å²) >= 11 is 0. The highest BCUT2D eigenvalue weighted by Crippen LogP contribution is 2.30. The van der Waals surface area contributed by atoms with Gasteiger partial charge in [-0.3, -0.25) is 29.1 Å². The first-order valence-electron chi connectivity index (χ1n) is 13.8. The number of aryl methyl sites for hydroxylation is 1. The number of amides is 1. The maximum atomic E-state index is 13.7. The molecular weight excluding hydrogens is 530 g/mol. The first-order valence-corrected chi connectivity index (χ1v) is 13.8. The van der Waals surface area contributed by atoms with Crippen LogP contribution in [0.1, 0.15) is 49.0 Å². The molecule has 2 bridgehead atoms. The van der Waals surface area contributed by atoms with E-state index in [0.717, 1.165) is 22.4 Å². The summed E-state index contributed by atoms with van der Waals surface area (Å²) in [5.74, 6) is 0.190. The molecule has 0 radical (unpaired) electrons. The van der Waals surface area contributed by atoms with Crippen LogP contribution < -0.4 is 21.9 Å². The van der Waals surface area contributed by atoms with E-state index in [1.165, 1.54) is 6.20 Å². The van der Waals surface area contributed by atoms with Gasteiger partial charge in [0, 0.05) is 60.6 Å². The van der Waals surface area contributed by atoms with Gasteiger partial charge in [0.2, 0.25) is 5.91 Å². The number of benzene rings is 1. The predicted octanol–water partition coefficient (Wildman–Crippen LogP) is 3.89. The first-order chi connectivity index (χ1) is 20.4. The van der Waals surface area contributed by atoms with Gasteiger partial charge in [-0.1, -0.05) is 25.0 Å². The Labute approximate surface area is 243 Å². The summed E-state index contributed by atoms with van der Waals surface area (Å²) in [6, 6.07) is 10.7. The number of aliphatic imine (C=N–C) groups is 1. The largest absolute Gasteiger partial charge is 0.403 e. The van der Waals surface area contributed by atoms with Gasteiger partial charge in [0.15, 0.2) is 0 Å². The molecule has 1 aromatic carbocycles. The maximum absolute atomic E-state index is 13.7. The Morgan fingerprint density at radius 2 is 1.93 bits per heavy atom. The highest BCUT2D eigenvalue weighted by Gasteiger charge is 2.24. The van der Waals surface area contributed by atoms with E-state index in [4.69, 9.17) is 10.7 Å². The molecule has 5 rings (SSSR count). The maximum Gasteiger partial charge on any atom is 0.254 e. The first kappa shape index (κ1) is 28.3. The van der Waals surface area contributed by atoms with E-state index in [1.807, 2.05) is 38.1 Å². The lowest BCUT2D eigenvalue weighted by molar-refractivity contribution is -0.123. The van der Waals surface area contributed by atoms with Crippen molar-refractivity contribution in [3.05, 3.63) is 107 Å². The van der Waals surface area contributed by atoms with Crippen molar-refractivity contribution in [3.8, 4) is 11.3 Å². The molecule has 1 amide bonds. The normalized spacial score (nSPS) is 19.5. The van der Waals surface area contributed by atoms with Gasteiger partial charge in [-0.25, -0.2) is 9.97 Å². The molecule has 11 heteroatoms. The van der Waals surface area contributed by atoms with Gasteiger partial charge in [0.1, 0.15) is 5.82 Å². The number of allylic oxidation sites excluding steroid dienone is 1. The second-order valence-electron chi connectivity index (χ2n) is 10.2. The summed E-state index contributed by atoms with van der Waals surface area (Å²) in [5.41, 5.74) is 11.1. The van der Waals surface area contributed by atoms with Crippen LogP contribution in [0.5, 0.6) is 0 Å². The van der Waals surface area contributed by atoms with Gasteiger partial charge < -0.3 is 16.4 Å². The van der Waals surface area contributed by atoms with Crippen molar-refractivity contribution in [3.63, 3.8) is 0 Å². The Bertz CT molecular complexity index is 1710. The minimum absolute atomic E-state index is 0.133. The molecule has 0 aliphatic carbocycles. The van der Waals surface area contributed by atoms with Gasteiger partial charge in [0.25, 0.3) is 5.56 Å². The highest BCUT2D eigenvalue weighted by atomic mass is 16.2. The smallest absolute Gasteiger partial charge is 0.254 e. The molecule has 3 aromatic heterocycles. The molecule has 4 heterocycles. The third-order valence-corrected chi connectivity index (χ3v) is 7.31. The van der Waals surface area contributed by atoms with Crippen molar-refractivity contribution >= 4 is 23.1 Å². The molecule has 1 aliphatic heterocycles. The number of anilines is 2. The zero-order valence-electron chi connectivity index (χ0n) is 23.8. The minimum atomic E-state index is -0.396. The highest BCUT2D eigenvalue weighted by molar-refractivity contribution is 6.14. The molecule has 2 unspecified atom stereocenters. The van der Waals surface area contributed by atoms with Gasteiger partial charge in [-0.05, 0) is 44.0 Å². The summed E-state index contributed by atoms with van der Waals surface area (Å²) < 4.78 is 1.61. The van der Waals surface area contributed by atoms with Crippen LogP contribution in [-0.4, -0.2) is 43.2 Å². The number of pyridine rings is 1. The van der Waals surface area contributed by atoms with Crippen molar-refractivity contribution in [2.75, 3.05) is 12.4 Å². The fourth-order valence-corrected chi connectivity index (χ4v) is 5.07. The average molecular weight is 564 g/mol. The van der Waals surface area contributed by atoms with Crippen molar-refractivity contribution in [2.45, 2.75) is 39.2 Å². The second kappa shape index (κ2) is 12.5. The quantitative estimate of drug-likeness (QED) is 0.338. The molecule has 0 fully saturated rings. The van der Waals surface area contributed by atoms with Crippen LogP contribution in [-0.2, 0) is 4.79 Å². The summed E-state index contributed by atoms with van der Waals surface area (Å²) in [7, 11) is 1.64. The number of fused-ring (bicyclic) bond motifs is 2. The van der Waals surface area contributed by atoms with E-state index in [9.17, 15) is 9.59 Å². The van der Waals surface area contributed by atoms with E-state index in [0.29, 0.717) is 47.9 Å². The van der Waals surface area contributed by atoms with E-state index >= 15 is 0 Å². The third kappa shape index (κ3) is 6.09. The monoisotopic (exact) mass is 563 g/mol. The molecule has 214 valence electrons. The van der Waals surface area contributed by atoms with E-state index < -0.39 is 6.04 Å². The number of hydrogen-bond acceptors (Lipinski definition) is 9. The Balaban J connectivity index is 1.55. The lowest BCUT2D eigenvalue weighted by atomic mass is 9.96. The number of nitrogens with two attached hydrogens (primary N) is 1. The van der Waals surface area contributed by atoms with Crippen molar-refractivity contribution in [2.24, 2.45) is 16.6 Å². The number of aromatic nitrogens is 5. The van der Waals surface area contributed by atoms with E-state index in [2.05, 4.69) is 30.6 Å². The van der Waals surface area contributed by atoms with E-state index in [-0.39, 0.29) is 17.4 Å². The molecule has 1 aliphatic rings. The van der Waals surface area contributed by atoms with Crippen LogP contribution in [0.25, 0.3) is 11.3 Å². The van der Waals surface area contributed by atoms with Gasteiger partial charge in [-0.2, -0.15) is 0 Å². The molecular formula is C31H33N9O2. The SMILES string of the molecule is CN=C1C(=CN)NC(=O)C(C)CCCC(n2cnc(-c3cc(C)ccc3Nc3cnccn3)cc2=O)c2cc1ccn2. The van der Waals surface area contributed by atoms with Gasteiger partial charge in [-0.15, -0.1) is 0 Å². The fourth-order valence-electron chi connectivity index (χ4n) is 5.07. The number of carbonyl (C=O) groups is 1. The summed E-state index contributed by atoms with van der Waals surface area (Å²) in [4.78, 5) is 48.8. The number of nitrogens with zero attached hydrogens (tertiary/aromatic N) is 6. The lowest BCUT2D eigenvalue weighted by Gasteiger charge is -2.23. The predicted molar refractivity (Wildman–Crippen MR) is 162 cm³/mol. The summed E-state index contributed by atoms with van der Waals surface area (Å²) in [6.45, 7) is 3.86. The van der Waals surface area contributed by atoms with Crippen LogP contribution in [0.3, 0.4) is 0 Å². The Morgan fingerprint density at radius 1 is 1.07 bits per heavy atom. The van der Waals surface area contributed by atoms with Crippen LogP contribution in [0.2, 0.25) is 0 Å². The average Bonchev–Trinajstić information content (AvgIpc) is 3.00. The Kier molecular flexibility index (Phi) is 8.47. The molecule has 4 N–H and O–H groups in total. The lowest BCUT2D eigenvalue weighted by Crippen LogP contribution is -2.33. The van der Waals surface area contributed by atoms with Crippen LogP contribution >= 0.6 is 0 Å². The van der Waals surface area contributed by atoms with Crippen molar-refractivity contribution in [1.29, 1.82) is 0 Å². The van der Waals surface area contributed by atoms with Gasteiger partial charge >= 0.3 is 0 Å². The number of rotatable bonds is 4. The van der Waals surface area contributed by atoms with Crippen LogP contribution in [0, 0.1) is 12.8 Å². The molecule has 4 aromatic rings. The molecule has 42 heavy (non-hydrogen) atoms. The Morgan fingerprint density at radius 3 is 2.67 bits per heavy atom. The van der Waals surface area contributed by atoms with Crippen LogP contribution in [0.4, 0.5) is 11.5 Å². The number of nitrogens with one attached hydrogen (secondary N) is 2. The van der Waals surface area contributed by atoms with E-state index in [1.54, 1.807) is 54.9 Å². The standard InChI is InChI=1S/C31H33N9O2/c1-19-7-8-23(38-28-17-34-11-12-36-28)22(13-19)24-15-29(41)40(18-37-24)27-6-4-5-20(2)31(42)39-26(16-32)30(33-3)21-9-10-35-25(27)14-21/h7-18,20,27H,4-6,32H2,1-3H3,(H,36,38)(H,39,42). The van der Waals surface area contributed by atoms with Crippen LogP contribution in [0.15, 0.2) is 89.2 Å². The van der Waals surface area contributed by atoms with Crippen molar-refractivity contribution < 1.29 is 4.79 Å². The van der Waals surface area contributed by atoms with Gasteiger partial charge in [0.05, 0.1) is 41.4 Å². The zero-order chi connectivity index (χ0) is 29.6. The molecule has 2 atom stereocenters. The number of hydrogen-bond donors (Lipinski definition) is 3. The number of carbonyl (C=O) groups excluding carboxylic acids is 1. The summed E-state index contributed by atoms with van der Waals surface area (Å²) in [5, 5.41) is 6.18. The molecule has 0 spiro atoms. The third-order valence-electron chi connectivity index (χ3n) is 7.31. The fraction of sp³-hybridized carbons (Fsp3) is 0.258. The molecule has 11 nitrogen and oxygen atoms in total. The summed E-state index contributed by atoms with van der Waals surface area (Å²) in [6.07, 6.45) is 11.4. The topological polar surface area (TPSA) is 153 Å². The zero-order valence-corrected chi connectivity index (χ0v) is 23.8. The molecule has 0 saturated heterocycles. The second-order valence-corrected chi connectivity index (χ2v) is 10.2.